The zero-order valence-corrected chi connectivity index (χ0v) is 13.5. The number of hydrogen-bond acceptors (Lipinski definition) is 3. The molecule has 2 unspecified atom stereocenters. The molecule has 0 aromatic heterocycles. The minimum Gasteiger partial charge on any atom is -0.454 e. The molecule has 1 aliphatic heterocycles. The Labute approximate surface area is 129 Å². The van der Waals surface area contributed by atoms with Crippen LogP contribution in [0.5, 0.6) is 11.5 Å². The fraction of sp³-hybridized carbons (Fsp3) is 0.625. The van der Waals surface area contributed by atoms with Gasteiger partial charge in [-0.1, -0.05) is 35.7 Å². The summed E-state index contributed by atoms with van der Waals surface area (Å²) < 4.78 is 11.9. The van der Waals surface area contributed by atoms with Gasteiger partial charge in [-0.3, -0.25) is 0 Å². The molecule has 2 atom stereocenters. The van der Waals surface area contributed by atoms with Gasteiger partial charge in [0.15, 0.2) is 11.5 Å². The second-order valence-electron chi connectivity index (χ2n) is 5.99. The first-order valence-electron chi connectivity index (χ1n) is 7.54. The molecule has 1 aliphatic carbocycles. The van der Waals surface area contributed by atoms with Gasteiger partial charge in [0.2, 0.25) is 6.79 Å². The van der Waals surface area contributed by atoms with Gasteiger partial charge in [-0.2, -0.15) is 0 Å². The molecule has 3 nitrogen and oxygen atoms in total. The van der Waals surface area contributed by atoms with Crippen LogP contribution in [0.4, 0.5) is 0 Å². The molecule has 0 bridgehead atoms. The quantitative estimate of drug-likeness (QED) is 0.835. The largest absolute Gasteiger partial charge is 0.454 e. The SMILES string of the molecule is CC1CCCC(NCc2cc3c(cc2Br)OCO3)CC1. The van der Waals surface area contributed by atoms with Crippen molar-refractivity contribution >= 4 is 15.9 Å². The Morgan fingerprint density at radius 2 is 1.95 bits per heavy atom. The molecule has 1 N–H and O–H groups in total. The molecule has 1 aromatic rings. The smallest absolute Gasteiger partial charge is 0.231 e. The van der Waals surface area contributed by atoms with E-state index in [1.165, 1.54) is 37.7 Å². The lowest BCUT2D eigenvalue weighted by Crippen LogP contribution is -2.28. The predicted molar refractivity (Wildman–Crippen MR) is 83.1 cm³/mol. The summed E-state index contributed by atoms with van der Waals surface area (Å²) in [4.78, 5) is 0. The van der Waals surface area contributed by atoms with Gasteiger partial charge in [0.1, 0.15) is 0 Å². The first-order chi connectivity index (χ1) is 9.72. The molecule has 20 heavy (non-hydrogen) atoms. The molecule has 110 valence electrons. The Hall–Kier alpha value is -0.740. The first kappa shape index (κ1) is 14.2. The van der Waals surface area contributed by atoms with Gasteiger partial charge in [-0.15, -0.1) is 0 Å². The average Bonchev–Trinajstić information content (AvgIpc) is 2.77. The molecule has 1 fully saturated rings. The van der Waals surface area contributed by atoms with Gasteiger partial charge in [0.05, 0.1) is 0 Å². The van der Waals surface area contributed by atoms with E-state index in [-0.39, 0.29) is 0 Å². The van der Waals surface area contributed by atoms with Crippen LogP contribution in [0.25, 0.3) is 0 Å². The van der Waals surface area contributed by atoms with Gasteiger partial charge in [-0.25, -0.2) is 0 Å². The van der Waals surface area contributed by atoms with Crippen LogP contribution in [-0.2, 0) is 6.54 Å². The fourth-order valence-corrected chi connectivity index (χ4v) is 3.50. The zero-order valence-electron chi connectivity index (χ0n) is 12.0. The predicted octanol–water partition coefficient (Wildman–Crippen LogP) is 4.24. The van der Waals surface area contributed by atoms with Crippen LogP contribution in [0.2, 0.25) is 0 Å². The molecule has 1 aromatic carbocycles. The monoisotopic (exact) mass is 339 g/mol. The van der Waals surface area contributed by atoms with Crippen molar-refractivity contribution < 1.29 is 9.47 Å². The average molecular weight is 340 g/mol. The van der Waals surface area contributed by atoms with Gasteiger partial charge >= 0.3 is 0 Å². The van der Waals surface area contributed by atoms with Gasteiger partial charge in [0.25, 0.3) is 0 Å². The number of fused-ring (bicyclic) bond motifs is 1. The van der Waals surface area contributed by atoms with Crippen LogP contribution in [0.15, 0.2) is 16.6 Å². The van der Waals surface area contributed by atoms with Crippen molar-refractivity contribution in [2.75, 3.05) is 6.79 Å². The molecule has 4 heteroatoms. The minimum atomic E-state index is 0.333. The van der Waals surface area contributed by atoms with Crippen LogP contribution < -0.4 is 14.8 Å². The molecule has 0 amide bonds. The third-order valence-corrected chi connectivity index (χ3v) is 5.12. The van der Waals surface area contributed by atoms with Gasteiger partial charge in [-0.05, 0) is 42.9 Å². The summed E-state index contributed by atoms with van der Waals surface area (Å²) in [5.41, 5.74) is 1.24. The number of ether oxygens (including phenoxy) is 2. The summed E-state index contributed by atoms with van der Waals surface area (Å²) in [7, 11) is 0. The second kappa shape index (κ2) is 6.35. The van der Waals surface area contributed by atoms with E-state index < -0.39 is 0 Å². The van der Waals surface area contributed by atoms with Crippen molar-refractivity contribution in [2.24, 2.45) is 5.92 Å². The van der Waals surface area contributed by atoms with E-state index in [1.807, 2.05) is 6.07 Å². The van der Waals surface area contributed by atoms with E-state index in [2.05, 4.69) is 34.2 Å². The summed E-state index contributed by atoms with van der Waals surface area (Å²) in [5.74, 6) is 2.59. The maximum Gasteiger partial charge on any atom is 0.231 e. The van der Waals surface area contributed by atoms with Crippen LogP contribution >= 0.6 is 15.9 Å². The molecular weight excluding hydrogens is 318 g/mol. The lowest BCUT2D eigenvalue weighted by molar-refractivity contribution is 0.174. The first-order valence-corrected chi connectivity index (χ1v) is 8.33. The number of rotatable bonds is 3. The summed E-state index contributed by atoms with van der Waals surface area (Å²) in [6, 6.07) is 4.74. The molecule has 1 heterocycles. The van der Waals surface area contributed by atoms with Gasteiger partial charge in [0, 0.05) is 17.1 Å². The second-order valence-corrected chi connectivity index (χ2v) is 6.84. The van der Waals surface area contributed by atoms with Crippen molar-refractivity contribution in [1.29, 1.82) is 0 Å². The molecule has 2 aliphatic rings. The molecule has 0 spiro atoms. The van der Waals surface area contributed by atoms with Crippen molar-refractivity contribution in [3.8, 4) is 11.5 Å². The highest BCUT2D eigenvalue weighted by molar-refractivity contribution is 9.10. The highest BCUT2D eigenvalue weighted by atomic mass is 79.9. The van der Waals surface area contributed by atoms with Crippen LogP contribution in [0.3, 0.4) is 0 Å². The summed E-state index contributed by atoms with van der Waals surface area (Å²) in [6.45, 7) is 3.59. The maximum atomic E-state index is 5.45. The molecule has 0 radical (unpaired) electrons. The van der Waals surface area contributed by atoms with E-state index in [0.717, 1.165) is 28.4 Å². The third-order valence-electron chi connectivity index (χ3n) is 4.38. The van der Waals surface area contributed by atoms with E-state index in [4.69, 9.17) is 9.47 Å². The Morgan fingerprint density at radius 3 is 2.80 bits per heavy atom. The zero-order chi connectivity index (χ0) is 13.9. The molecule has 3 rings (SSSR count). The van der Waals surface area contributed by atoms with Crippen LogP contribution in [0, 0.1) is 5.92 Å². The summed E-state index contributed by atoms with van der Waals surface area (Å²) in [5, 5.41) is 3.70. The highest BCUT2D eigenvalue weighted by Crippen LogP contribution is 2.37. The lowest BCUT2D eigenvalue weighted by atomic mass is 10.0. The number of halogens is 1. The van der Waals surface area contributed by atoms with E-state index >= 15 is 0 Å². The van der Waals surface area contributed by atoms with E-state index in [9.17, 15) is 0 Å². The van der Waals surface area contributed by atoms with E-state index in [0.29, 0.717) is 12.8 Å². The molecule has 1 saturated carbocycles. The standard InChI is InChI=1S/C16H22BrNO2/c1-11-3-2-4-13(6-5-11)18-9-12-7-15-16(8-14(12)17)20-10-19-15/h7-8,11,13,18H,2-6,9-10H2,1H3. The normalized spacial score (nSPS) is 25.5. The topological polar surface area (TPSA) is 30.5 Å². The fourth-order valence-electron chi connectivity index (χ4n) is 3.04. The Morgan fingerprint density at radius 1 is 1.15 bits per heavy atom. The van der Waals surface area contributed by atoms with Crippen molar-refractivity contribution in [2.45, 2.75) is 51.6 Å². The van der Waals surface area contributed by atoms with E-state index in [1.54, 1.807) is 0 Å². The summed E-state index contributed by atoms with van der Waals surface area (Å²) in [6.07, 6.45) is 6.67. The van der Waals surface area contributed by atoms with Crippen molar-refractivity contribution in [3.63, 3.8) is 0 Å². The van der Waals surface area contributed by atoms with Gasteiger partial charge < -0.3 is 14.8 Å². The molecular formula is C16H22BrNO2. The Kier molecular flexibility index (Phi) is 4.51. The Bertz CT molecular complexity index is 478. The van der Waals surface area contributed by atoms with Crippen molar-refractivity contribution in [3.05, 3.63) is 22.2 Å². The Balaban J connectivity index is 1.60. The summed E-state index contributed by atoms with van der Waals surface area (Å²) >= 11 is 3.62. The van der Waals surface area contributed by atoms with Crippen LogP contribution in [0.1, 0.15) is 44.6 Å². The number of nitrogens with one attached hydrogen (secondary N) is 1. The van der Waals surface area contributed by atoms with Crippen molar-refractivity contribution in [1.82, 2.24) is 5.32 Å². The number of benzene rings is 1. The highest BCUT2D eigenvalue weighted by Gasteiger charge is 2.18. The third kappa shape index (κ3) is 3.29. The number of hydrogen-bond donors (Lipinski definition) is 1. The molecule has 0 saturated heterocycles. The lowest BCUT2D eigenvalue weighted by Gasteiger charge is -2.17. The maximum absolute atomic E-state index is 5.45. The van der Waals surface area contributed by atoms with Crippen LogP contribution in [-0.4, -0.2) is 12.8 Å². The minimum absolute atomic E-state index is 0.333.